The maximum Gasteiger partial charge on any atom is 0.216 e. The van der Waals surface area contributed by atoms with Gasteiger partial charge in [-0.2, -0.15) is 0 Å². The Hall–Kier alpha value is -0.960. The molecule has 0 saturated heterocycles. The van der Waals surface area contributed by atoms with Crippen LogP contribution in [-0.2, 0) is 0 Å². The SMILES string of the molecule is CCOc1cccc(C(=O)S)c1C. The normalized spacial score (nSPS) is 9.77. The minimum Gasteiger partial charge on any atom is -0.494 e. The third-order valence-corrected chi connectivity index (χ3v) is 2.06. The molecule has 0 aliphatic rings. The lowest BCUT2D eigenvalue weighted by atomic mass is 10.1. The van der Waals surface area contributed by atoms with Gasteiger partial charge in [0.25, 0.3) is 0 Å². The van der Waals surface area contributed by atoms with Crippen LogP contribution in [0, 0.1) is 6.92 Å². The van der Waals surface area contributed by atoms with Crippen LogP contribution in [0.5, 0.6) is 5.75 Å². The molecule has 0 aliphatic heterocycles. The van der Waals surface area contributed by atoms with Crippen LogP contribution >= 0.6 is 12.6 Å². The van der Waals surface area contributed by atoms with Crippen LogP contribution in [0.15, 0.2) is 18.2 Å². The zero-order valence-corrected chi connectivity index (χ0v) is 8.60. The molecule has 0 N–H and O–H groups in total. The van der Waals surface area contributed by atoms with Crippen molar-refractivity contribution in [3.8, 4) is 5.75 Å². The van der Waals surface area contributed by atoms with Crippen LogP contribution in [0.3, 0.4) is 0 Å². The van der Waals surface area contributed by atoms with Gasteiger partial charge in [-0.1, -0.05) is 6.07 Å². The van der Waals surface area contributed by atoms with Gasteiger partial charge in [-0.3, -0.25) is 4.79 Å². The van der Waals surface area contributed by atoms with Crippen molar-refractivity contribution >= 4 is 17.7 Å². The second-order valence-corrected chi connectivity index (χ2v) is 3.07. The van der Waals surface area contributed by atoms with Crippen molar-refractivity contribution in [2.45, 2.75) is 13.8 Å². The molecule has 0 atom stereocenters. The fourth-order valence-electron chi connectivity index (χ4n) is 1.16. The van der Waals surface area contributed by atoms with Crippen LogP contribution in [0.2, 0.25) is 0 Å². The van der Waals surface area contributed by atoms with Crippen molar-refractivity contribution in [2.24, 2.45) is 0 Å². The predicted octanol–water partition coefficient (Wildman–Crippen LogP) is 2.46. The second-order valence-electron chi connectivity index (χ2n) is 2.67. The van der Waals surface area contributed by atoms with Gasteiger partial charge < -0.3 is 4.74 Å². The lowest BCUT2D eigenvalue weighted by Gasteiger charge is -2.08. The molecule has 0 fully saturated rings. The molecule has 0 radical (unpaired) electrons. The van der Waals surface area contributed by atoms with E-state index >= 15 is 0 Å². The van der Waals surface area contributed by atoms with Gasteiger partial charge in [0, 0.05) is 11.1 Å². The summed E-state index contributed by atoms with van der Waals surface area (Å²) < 4.78 is 5.34. The van der Waals surface area contributed by atoms with E-state index in [4.69, 9.17) is 4.74 Å². The summed E-state index contributed by atoms with van der Waals surface area (Å²) in [5.41, 5.74) is 1.46. The summed E-state index contributed by atoms with van der Waals surface area (Å²) in [4.78, 5) is 11.0. The van der Waals surface area contributed by atoms with Gasteiger partial charge in [0.2, 0.25) is 5.12 Å². The molecule has 0 bridgehead atoms. The fraction of sp³-hybridized carbons (Fsp3) is 0.300. The molecule has 1 aromatic rings. The van der Waals surface area contributed by atoms with Gasteiger partial charge in [0.1, 0.15) is 5.75 Å². The Labute approximate surface area is 83.3 Å². The van der Waals surface area contributed by atoms with Gasteiger partial charge in [-0.15, -0.1) is 12.6 Å². The highest BCUT2D eigenvalue weighted by Crippen LogP contribution is 2.22. The summed E-state index contributed by atoms with van der Waals surface area (Å²) in [5.74, 6) is 0.752. The van der Waals surface area contributed by atoms with Crippen molar-refractivity contribution in [2.75, 3.05) is 6.61 Å². The number of hydrogen-bond donors (Lipinski definition) is 1. The Morgan fingerprint density at radius 3 is 2.77 bits per heavy atom. The molecule has 0 saturated carbocycles. The number of hydrogen-bond acceptors (Lipinski definition) is 2. The van der Waals surface area contributed by atoms with E-state index in [9.17, 15) is 4.79 Å². The lowest BCUT2D eigenvalue weighted by molar-refractivity contribution is 0.109. The summed E-state index contributed by atoms with van der Waals surface area (Å²) in [6.45, 7) is 4.37. The molecule has 0 aromatic heterocycles. The van der Waals surface area contributed by atoms with E-state index in [1.54, 1.807) is 12.1 Å². The summed E-state index contributed by atoms with van der Waals surface area (Å²) in [7, 11) is 0. The van der Waals surface area contributed by atoms with Gasteiger partial charge in [-0.25, -0.2) is 0 Å². The summed E-state index contributed by atoms with van der Waals surface area (Å²) >= 11 is 3.78. The highest BCUT2D eigenvalue weighted by atomic mass is 32.1. The minimum absolute atomic E-state index is 0.223. The fourth-order valence-corrected chi connectivity index (χ4v) is 1.40. The zero-order chi connectivity index (χ0) is 9.84. The molecule has 0 amide bonds. The number of rotatable bonds is 3. The molecular formula is C10H12O2S. The Morgan fingerprint density at radius 1 is 1.54 bits per heavy atom. The molecule has 1 aromatic carbocycles. The average Bonchev–Trinajstić information content (AvgIpc) is 2.08. The first-order valence-electron chi connectivity index (χ1n) is 4.12. The van der Waals surface area contributed by atoms with Crippen LogP contribution in [0.4, 0.5) is 0 Å². The van der Waals surface area contributed by atoms with Gasteiger partial charge in [0.05, 0.1) is 6.61 Å². The lowest BCUT2D eigenvalue weighted by Crippen LogP contribution is -1.99. The van der Waals surface area contributed by atoms with E-state index in [-0.39, 0.29) is 5.12 Å². The third kappa shape index (κ3) is 2.25. The van der Waals surface area contributed by atoms with E-state index in [0.29, 0.717) is 12.2 Å². The van der Waals surface area contributed by atoms with E-state index in [2.05, 4.69) is 12.6 Å². The monoisotopic (exact) mass is 196 g/mol. The standard InChI is InChI=1S/C10H12O2S/c1-3-12-9-6-4-5-8(7(9)2)10(11)13/h4-6H,3H2,1-2H3,(H,11,13). The number of carbonyl (C=O) groups is 1. The maximum atomic E-state index is 11.0. The van der Waals surface area contributed by atoms with E-state index < -0.39 is 0 Å². The highest BCUT2D eigenvalue weighted by Gasteiger charge is 2.08. The molecule has 0 unspecified atom stereocenters. The third-order valence-electron chi connectivity index (χ3n) is 1.81. The number of benzene rings is 1. The first kappa shape index (κ1) is 10.1. The molecular weight excluding hydrogens is 184 g/mol. The van der Waals surface area contributed by atoms with Crippen molar-refractivity contribution in [1.29, 1.82) is 0 Å². The maximum absolute atomic E-state index is 11.0. The summed E-state index contributed by atoms with van der Waals surface area (Å²) in [6.07, 6.45) is 0. The van der Waals surface area contributed by atoms with Crippen molar-refractivity contribution in [1.82, 2.24) is 0 Å². The molecule has 70 valence electrons. The smallest absolute Gasteiger partial charge is 0.216 e. The Kier molecular flexibility index (Phi) is 3.37. The molecule has 2 nitrogen and oxygen atoms in total. The van der Waals surface area contributed by atoms with Crippen LogP contribution in [0.25, 0.3) is 0 Å². The van der Waals surface area contributed by atoms with Crippen LogP contribution < -0.4 is 4.74 Å². The first-order chi connectivity index (χ1) is 6.16. The zero-order valence-electron chi connectivity index (χ0n) is 7.70. The molecule has 3 heteroatoms. The molecule has 1 rings (SSSR count). The quantitative estimate of drug-likeness (QED) is 0.752. The Balaban J connectivity index is 3.10. The largest absolute Gasteiger partial charge is 0.494 e. The number of thiol groups is 1. The van der Waals surface area contributed by atoms with Crippen molar-refractivity contribution in [3.05, 3.63) is 29.3 Å². The predicted molar refractivity (Wildman–Crippen MR) is 55.7 cm³/mol. The topological polar surface area (TPSA) is 26.3 Å². The number of ether oxygens (including phenoxy) is 1. The van der Waals surface area contributed by atoms with Crippen LogP contribution in [-0.4, -0.2) is 11.7 Å². The van der Waals surface area contributed by atoms with Gasteiger partial charge in [-0.05, 0) is 26.0 Å². The van der Waals surface area contributed by atoms with Gasteiger partial charge in [0.15, 0.2) is 0 Å². The van der Waals surface area contributed by atoms with Crippen molar-refractivity contribution in [3.63, 3.8) is 0 Å². The Bertz CT molecular complexity index is 321. The highest BCUT2D eigenvalue weighted by molar-refractivity contribution is 7.97. The first-order valence-corrected chi connectivity index (χ1v) is 4.57. The van der Waals surface area contributed by atoms with E-state index in [1.165, 1.54) is 0 Å². The minimum atomic E-state index is -0.223. The molecule has 13 heavy (non-hydrogen) atoms. The summed E-state index contributed by atoms with van der Waals surface area (Å²) in [5, 5.41) is -0.223. The van der Waals surface area contributed by atoms with Crippen LogP contribution in [0.1, 0.15) is 22.8 Å². The molecule has 0 aliphatic carbocycles. The number of carbonyl (C=O) groups excluding carboxylic acids is 1. The average molecular weight is 196 g/mol. The molecule has 0 spiro atoms. The van der Waals surface area contributed by atoms with Gasteiger partial charge >= 0.3 is 0 Å². The van der Waals surface area contributed by atoms with E-state index in [1.807, 2.05) is 19.9 Å². The van der Waals surface area contributed by atoms with Crippen molar-refractivity contribution < 1.29 is 9.53 Å². The molecule has 0 heterocycles. The Morgan fingerprint density at radius 2 is 2.23 bits per heavy atom. The van der Waals surface area contributed by atoms with E-state index in [0.717, 1.165) is 11.3 Å². The summed E-state index contributed by atoms with van der Waals surface area (Å²) in [6, 6.07) is 5.38. The second kappa shape index (κ2) is 4.33.